The number of hydrogen-bond donors (Lipinski definition) is 0. The molecule has 5 rings (SSSR count). The summed E-state index contributed by atoms with van der Waals surface area (Å²) in [5, 5.41) is 0.826. The molecular weight excluding hydrogens is 478 g/mol. The third kappa shape index (κ3) is 4.22. The maximum absolute atomic E-state index is 13.8. The molecular formula is C29H26ClNO5. The fourth-order valence-corrected chi connectivity index (χ4v) is 4.74. The summed E-state index contributed by atoms with van der Waals surface area (Å²) in [5.41, 5.74) is 2.84. The van der Waals surface area contributed by atoms with E-state index in [0.29, 0.717) is 33.9 Å². The molecule has 0 aliphatic carbocycles. The molecule has 1 atom stereocenters. The molecule has 1 unspecified atom stereocenters. The Labute approximate surface area is 214 Å². The summed E-state index contributed by atoms with van der Waals surface area (Å²) < 4.78 is 17.2. The molecule has 0 N–H and O–H groups in total. The molecule has 4 aromatic rings. The van der Waals surface area contributed by atoms with E-state index in [-0.39, 0.29) is 23.6 Å². The Balaban J connectivity index is 1.67. The van der Waals surface area contributed by atoms with E-state index in [0.717, 1.165) is 28.9 Å². The van der Waals surface area contributed by atoms with Gasteiger partial charge in [0.05, 0.1) is 30.7 Å². The number of halogens is 1. The van der Waals surface area contributed by atoms with Crippen molar-refractivity contribution in [3.05, 3.63) is 104 Å². The molecule has 0 bridgehead atoms. The van der Waals surface area contributed by atoms with E-state index in [1.807, 2.05) is 62.4 Å². The van der Waals surface area contributed by atoms with Crippen molar-refractivity contribution in [1.29, 1.82) is 0 Å². The number of benzene rings is 3. The van der Waals surface area contributed by atoms with Crippen LogP contribution in [0.3, 0.4) is 0 Å². The first-order valence-electron chi connectivity index (χ1n) is 11.8. The number of amides is 1. The van der Waals surface area contributed by atoms with Crippen LogP contribution in [-0.2, 0) is 6.54 Å². The van der Waals surface area contributed by atoms with E-state index < -0.39 is 6.04 Å². The molecule has 0 fully saturated rings. The van der Waals surface area contributed by atoms with Crippen molar-refractivity contribution in [3.8, 4) is 11.5 Å². The second-order valence-corrected chi connectivity index (χ2v) is 9.28. The monoisotopic (exact) mass is 503 g/mol. The van der Waals surface area contributed by atoms with Gasteiger partial charge in [-0.25, -0.2) is 0 Å². The summed E-state index contributed by atoms with van der Waals surface area (Å²) >= 11 is 6.34. The van der Waals surface area contributed by atoms with Crippen LogP contribution in [0, 0.1) is 6.92 Å². The Kier molecular flexibility index (Phi) is 6.46. The smallest absolute Gasteiger partial charge is 0.291 e. The van der Waals surface area contributed by atoms with Gasteiger partial charge >= 0.3 is 0 Å². The lowest BCUT2D eigenvalue weighted by Crippen LogP contribution is -2.29. The Bertz CT molecular complexity index is 1510. The van der Waals surface area contributed by atoms with Crippen LogP contribution >= 0.6 is 11.6 Å². The lowest BCUT2D eigenvalue weighted by molar-refractivity contribution is 0.0714. The van der Waals surface area contributed by atoms with E-state index in [9.17, 15) is 9.59 Å². The number of ether oxygens (including phenoxy) is 2. The SMILES string of the molecule is CCCOc1cccc(C2c3c(oc4cc(C)c(Cl)cc4c3=O)C(=O)N2Cc2ccc(OC)cc2)c1. The van der Waals surface area contributed by atoms with Gasteiger partial charge in [-0.15, -0.1) is 0 Å². The van der Waals surface area contributed by atoms with Crippen molar-refractivity contribution >= 4 is 28.5 Å². The molecule has 1 aromatic heterocycles. The number of nitrogens with zero attached hydrogens (tertiary/aromatic N) is 1. The Hall–Kier alpha value is -3.77. The molecule has 0 saturated carbocycles. The maximum atomic E-state index is 13.8. The van der Waals surface area contributed by atoms with Gasteiger partial charge in [0.25, 0.3) is 5.91 Å². The Morgan fingerprint density at radius 1 is 1.03 bits per heavy atom. The number of carbonyl (C=O) groups is 1. The number of methoxy groups -OCH3 is 1. The molecule has 3 aromatic carbocycles. The highest BCUT2D eigenvalue weighted by atomic mass is 35.5. The quantitative estimate of drug-likeness (QED) is 0.296. The fourth-order valence-electron chi connectivity index (χ4n) is 4.57. The van der Waals surface area contributed by atoms with Crippen LogP contribution in [0.25, 0.3) is 11.0 Å². The van der Waals surface area contributed by atoms with Crippen LogP contribution in [0.5, 0.6) is 11.5 Å². The molecule has 6 nitrogen and oxygen atoms in total. The van der Waals surface area contributed by atoms with Crippen molar-refractivity contribution in [2.75, 3.05) is 13.7 Å². The van der Waals surface area contributed by atoms with Gasteiger partial charge in [0.15, 0.2) is 5.43 Å². The second kappa shape index (κ2) is 9.70. The summed E-state index contributed by atoms with van der Waals surface area (Å²) in [4.78, 5) is 29.2. The third-order valence-electron chi connectivity index (χ3n) is 6.41. The van der Waals surface area contributed by atoms with Gasteiger partial charge in [0, 0.05) is 11.6 Å². The zero-order valence-corrected chi connectivity index (χ0v) is 21.1. The predicted molar refractivity (Wildman–Crippen MR) is 139 cm³/mol. The van der Waals surface area contributed by atoms with Gasteiger partial charge in [-0.1, -0.05) is 42.8 Å². The third-order valence-corrected chi connectivity index (χ3v) is 6.81. The van der Waals surface area contributed by atoms with E-state index in [4.69, 9.17) is 25.5 Å². The molecule has 0 radical (unpaired) electrons. The Morgan fingerprint density at radius 3 is 2.53 bits per heavy atom. The minimum atomic E-state index is -0.638. The molecule has 0 spiro atoms. The summed E-state index contributed by atoms with van der Waals surface area (Å²) in [7, 11) is 1.61. The first kappa shape index (κ1) is 23.9. The van der Waals surface area contributed by atoms with Crippen molar-refractivity contribution in [2.45, 2.75) is 32.9 Å². The molecule has 0 saturated heterocycles. The summed E-state index contributed by atoms with van der Waals surface area (Å²) in [6.45, 7) is 4.73. The largest absolute Gasteiger partial charge is 0.497 e. The van der Waals surface area contributed by atoms with Crippen molar-refractivity contribution in [3.63, 3.8) is 0 Å². The summed E-state index contributed by atoms with van der Waals surface area (Å²) in [5.74, 6) is 1.14. The second-order valence-electron chi connectivity index (χ2n) is 8.88. The first-order valence-corrected chi connectivity index (χ1v) is 12.2. The standard InChI is InChI=1S/C29H26ClNO5/c1-4-12-35-21-7-5-6-19(14-21)26-25-27(32)22-15-23(30)17(2)13-24(22)36-28(25)29(33)31(26)16-18-8-10-20(34-3)11-9-18/h5-11,13-15,26H,4,12,16H2,1-3H3. The first-order chi connectivity index (χ1) is 17.4. The highest BCUT2D eigenvalue weighted by molar-refractivity contribution is 6.32. The minimum absolute atomic E-state index is 0.0626. The molecule has 1 aliphatic rings. The number of rotatable bonds is 7. The van der Waals surface area contributed by atoms with Gasteiger partial charge in [0.2, 0.25) is 5.76 Å². The van der Waals surface area contributed by atoms with E-state index in [1.54, 1.807) is 24.1 Å². The molecule has 184 valence electrons. The lowest BCUT2D eigenvalue weighted by atomic mass is 9.97. The normalized spacial score (nSPS) is 14.8. The predicted octanol–water partition coefficient (Wildman–Crippen LogP) is 6.30. The average Bonchev–Trinajstić information content (AvgIpc) is 3.16. The zero-order chi connectivity index (χ0) is 25.4. The Morgan fingerprint density at radius 2 is 1.81 bits per heavy atom. The topological polar surface area (TPSA) is 69.0 Å². The highest BCUT2D eigenvalue weighted by Gasteiger charge is 2.43. The molecule has 36 heavy (non-hydrogen) atoms. The van der Waals surface area contributed by atoms with Gasteiger partial charge in [-0.3, -0.25) is 9.59 Å². The van der Waals surface area contributed by atoms with Gasteiger partial charge < -0.3 is 18.8 Å². The average molecular weight is 504 g/mol. The van der Waals surface area contributed by atoms with Gasteiger partial charge in [-0.2, -0.15) is 0 Å². The van der Waals surface area contributed by atoms with E-state index in [2.05, 4.69) is 0 Å². The van der Waals surface area contributed by atoms with Gasteiger partial charge in [-0.05, 0) is 66.4 Å². The molecule has 1 aliphatic heterocycles. The van der Waals surface area contributed by atoms with Crippen molar-refractivity contribution in [2.24, 2.45) is 0 Å². The molecule has 1 amide bonds. The number of fused-ring (bicyclic) bond motifs is 2. The van der Waals surface area contributed by atoms with Crippen LogP contribution in [0.15, 0.2) is 69.9 Å². The van der Waals surface area contributed by atoms with Crippen LogP contribution in [0.1, 0.15) is 52.2 Å². The van der Waals surface area contributed by atoms with Crippen LogP contribution in [-0.4, -0.2) is 24.5 Å². The highest BCUT2D eigenvalue weighted by Crippen LogP contribution is 2.40. The lowest BCUT2D eigenvalue weighted by Gasteiger charge is -2.25. The molecule has 2 heterocycles. The van der Waals surface area contributed by atoms with Crippen LogP contribution in [0.2, 0.25) is 5.02 Å². The molecule has 7 heteroatoms. The minimum Gasteiger partial charge on any atom is -0.497 e. The number of aryl methyl sites for hydroxylation is 1. The van der Waals surface area contributed by atoms with E-state index in [1.165, 1.54) is 0 Å². The maximum Gasteiger partial charge on any atom is 0.291 e. The summed E-state index contributed by atoms with van der Waals surface area (Å²) in [6, 6.07) is 17.7. The van der Waals surface area contributed by atoms with Crippen molar-refractivity contribution < 1.29 is 18.7 Å². The summed E-state index contributed by atoms with van der Waals surface area (Å²) in [6.07, 6.45) is 0.869. The van der Waals surface area contributed by atoms with Crippen LogP contribution < -0.4 is 14.9 Å². The van der Waals surface area contributed by atoms with Crippen molar-refractivity contribution in [1.82, 2.24) is 4.90 Å². The van der Waals surface area contributed by atoms with Crippen LogP contribution in [0.4, 0.5) is 0 Å². The zero-order valence-electron chi connectivity index (χ0n) is 20.3. The number of carbonyl (C=O) groups excluding carboxylic acids is 1. The van der Waals surface area contributed by atoms with E-state index >= 15 is 0 Å². The fraction of sp³-hybridized carbons (Fsp3) is 0.241. The van der Waals surface area contributed by atoms with Gasteiger partial charge in [0.1, 0.15) is 17.1 Å². The number of hydrogen-bond acceptors (Lipinski definition) is 5.